The van der Waals surface area contributed by atoms with Crippen molar-refractivity contribution in [2.45, 2.75) is 37.3 Å². The number of carbonyl (C=O) groups is 1. The molecule has 0 saturated carbocycles. The fourth-order valence-corrected chi connectivity index (χ4v) is 5.02. The third-order valence-electron chi connectivity index (χ3n) is 5.26. The summed E-state index contributed by atoms with van der Waals surface area (Å²) in [6.45, 7) is 10.6. The number of thioether (sulfide) groups is 1. The highest BCUT2D eigenvalue weighted by Gasteiger charge is 2.35. The Morgan fingerprint density at radius 1 is 1.20 bits per heavy atom. The molecule has 3 rings (SSSR count). The minimum absolute atomic E-state index is 0.0574. The number of amides is 1. The van der Waals surface area contributed by atoms with E-state index >= 15 is 0 Å². The maximum absolute atomic E-state index is 13.1. The Bertz CT molecular complexity index is 545. The molecule has 1 aromatic carbocycles. The van der Waals surface area contributed by atoms with Gasteiger partial charge in [-0.3, -0.25) is 9.69 Å². The molecular formula is C20H31N3OS. The van der Waals surface area contributed by atoms with Crippen molar-refractivity contribution in [3.63, 3.8) is 0 Å². The average molecular weight is 362 g/mol. The highest BCUT2D eigenvalue weighted by atomic mass is 32.2. The molecule has 0 aromatic heterocycles. The molecule has 2 atom stereocenters. The van der Waals surface area contributed by atoms with Crippen LogP contribution in [0.3, 0.4) is 0 Å². The first-order chi connectivity index (χ1) is 12.1. The van der Waals surface area contributed by atoms with Gasteiger partial charge in [0, 0.05) is 51.1 Å². The molecule has 2 saturated heterocycles. The maximum atomic E-state index is 13.1. The lowest BCUT2D eigenvalue weighted by molar-refractivity contribution is -0.130. The molecule has 1 amide bonds. The van der Waals surface area contributed by atoms with Gasteiger partial charge in [0.25, 0.3) is 0 Å². The number of likely N-dealkylation sites (tertiary alicyclic amines) is 1. The third-order valence-corrected chi connectivity index (χ3v) is 6.87. The van der Waals surface area contributed by atoms with Crippen molar-refractivity contribution in [3.05, 3.63) is 35.9 Å². The van der Waals surface area contributed by atoms with Gasteiger partial charge in [0.2, 0.25) is 5.91 Å². The van der Waals surface area contributed by atoms with Crippen molar-refractivity contribution in [1.29, 1.82) is 0 Å². The van der Waals surface area contributed by atoms with Crippen LogP contribution in [0.4, 0.5) is 0 Å². The first kappa shape index (κ1) is 18.7. The summed E-state index contributed by atoms with van der Waals surface area (Å²) in [5, 5.41) is 3.47. The lowest BCUT2D eigenvalue weighted by Crippen LogP contribution is -2.50. The predicted molar refractivity (Wildman–Crippen MR) is 106 cm³/mol. The minimum Gasteiger partial charge on any atom is -0.340 e. The Hall–Kier alpha value is -1.04. The van der Waals surface area contributed by atoms with Gasteiger partial charge in [-0.2, -0.15) is 0 Å². The Morgan fingerprint density at radius 3 is 2.60 bits per heavy atom. The zero-order valence-corrected chi connectivity index (χ0v) is 16.3. The van der Waals surface area contributed by atoms with Crippen LogP contribution in [-0.2, 0) is 10.5 Å². The molecule has 2 fully saturated rings. The standard InChI is InChI=1S/C20H31N3OS/c1-16(2)19(25-15-17-6-4-3-5-7-17)20(24)23-11-8-18(14-23)22-12-9-21-10-13-22/h3-7,16,18-19,21H,8-15H2,1-2H3. The Morgan fingerprint density at radius 2 is 1.92 bits per heavy atom. The summed E-state index contributed by atoms with van der Waals surface area (Å²) in [7, 11) is 0. The van der Waals surface area contributed by atoms with E-state index in [2.05, 4.69) is 53.2 Å². The van der Waals surface area contributed by atoms with Crippen LogP contribution in [0.1, 0.15) is 25.8 Å². The number of piperazine rings is 1. The van der Waals surface area contributed by atoms with Crippen LogP contribution < -0.4 is 5.32 Å². The van der Waals surface area contributed by atoms with Gasteiger partial charge in [-0.25, -0.2) is 0 Å². The second-order valence-electron chi connectivity index (χ2n) is 7.47. The van der Waals surface area contributed by atoms with E-state index in [4.69, 9.17) is 0 Å². The van der Waals surface area contributed by atoms with Crippen molar-refractivity contribution < 1.29 is 4.79 Å². The molecule has 1 aromatic rings. The number of hydrogen-bond donors (Lipinski definition) is 1. The Balaban J connectivity index is 1.55. The highest BCUT2D eigenvalue weighted by molar-refractivity contribution is 7.99. The van der Waals surface area contributed by atoms with Crippen molar-refractivity contribution in [2.24, 2.45) is 5.92 Å². The summed E-state index contributed by atoms with van der Waals surface area (Å²) in [5.74, 6) is 1.61. The second kappa shape index (κ2) is 9.06. The minimum atomic E-state index is 0.0574. The van der Waals surface area contributed by atoms with Gasteiger partial charge in [-0.05, 0) is 17.9 Å². The van der Waals surface area contributed by atoms with E-state index in [9.17, 15) is 4.79 Å². The maximum Gasteiger partial charge on any atom is 0.236 e. The number of benzene rings is 1. The van der Waals surface area contributed by atoms with Crippen LogP contribution in [0.15, 0.2) is 30.3 Å². The van der Waals surface area contributed by atoms with Crippen LogP contribution in [0.25, 0.3) is 0 Å². The topological polar surface area (TPSA) is 35.6 Å². The number of hydrogen-bond acceptors (Lipinski definition) is 4. The molecule has 1 N–H and O–H groups in total. The van der Waals surface area contributed by atoms with E-state index < -0.39 is 0 Å². The van der Waals surface area contributed by atoms with E-state index in [1.165, 1.54) is 5.56 Å². The highest BCUT2D eigenvalue weighted by Crippen LogP contribution is 2.28. The van der Waals surface area contributed by atoms with Gasteiger partial charge in [0.05, 0.1) is 5.25 Å². The third kappa shape index (κ3) is 4.99. The normalized spacial score (nSPS) is 23.2. The molecule has 4 nitrogen and oxygen atoms in total. The predicted octanol–water partition coefficient (Wildman–Crippen LogP) is 2.45. The summed E-state index contributed by atoms with van der Waals surface area (Å²) in [5.41, 5.74) is 1.30. The summed E-state index contributed by atoms with van der Waals surface area (Å²) in [4.78, 5) is 17.8. The molecule has 2 aliphatic heterocycles. The van der Waals surface area contributed by atoms with E-state index in [0.717, 1.165) is 51.4 Å². The fourth-order valence-electron chi connectivity index (χ4n) is 3.78. The van der Waals surface area contributed by atoms with E-state index in [-0.39, 0.29) is 5.25 Å². The van der Waals surface area contributed by atoms with Crippen LogP contribution in [0.2, 0.25) is 0 Å². The first-order valence-electron chi connectivity index (χ1n) is 9.54. The summed E-state index contributed by atoms with van der Waals surface area (Å²) < 4.78 is 0. The molecule has 0 radical (unpaired) electrons. The lowest BCUT2D eigenvalue weighted by atomic mass is 10.1. The van der Waals surface area contributed by atoms with Crippen molar-refractivity contribution in [3.8, 4) is 0 Å². The molecular weight excluding hydrogens is 330 g/mol. The largest absolute Gasteiger partial charge is 0.340 e. The second-order valence-corrected chi connectivity index (χ2v) is 8.60. The first-order valence-corrected chi connectivity index (χ1v) is 10.6. The van der Waals surface area contributed by atoms with Gasteiger partial charge in [0.1, 0.15) is 0 Å². The average Bonchev–Trinajstić information content (AvgIpc) is 3.13. The molecule has 2 unspecified atom stereocenters. The number of nitrogens with one attached hydrogen (secondary N) is 1. The smallest absolute Gasteiger partial charge is 0.236 e. The van der Waals surface area contributed by atoms with Crippen molar-refractivity contribution in [1.82, 2.24) is 15.1 Å². The quantitative estimate of drug-likeness (QED) is 0.844. The summed E-state index contributed by atoms with van der Waals surface area (Å²) >= 11 is 1.80. The number of rotatable bonds is 6. The summed E-state index contributed by atoms with van der Waals surface area (Å²) in [6, 6.07) is 11.0. The number of nitrogens with zero attached hydrogens (tertiary/aromatic N) is 2. The Labute approximate surface area is 156 Å². The van der Waals surface area contributed by atoms with E-state index in [0.29, 0.717) is 17.9 Å². The number of carbonyl (C=O) groups excluding carboxylic acids is 1. The zero-order chi connectivity index (χ0) is 17.6. The van der Waals surface area contributed by atoms with Gasteiger partial charge < -0.3 is 10.2 Å². The summed E-state index contributed by atoms with van der Waals surface area (Å²) in [6.07, 6.45) is 1.12. The fraction of sp³-hybridized carbons (Fsp3) is 0.650. The van der Waals surface area contributed by atoms with Gasteiger partial charge in [0.15, 0.2) is 0 Å². The SMILES string of the molecule is CC(C)C(SCc1ccccc1)C(=O)N1CCC(N2CCNCC2)C1. The van der Waals surface area contributed by atoms with E-state index in [1.807, 2.05) is 6.07 Å². The molecule has 0 bridgehead atoms. The molecule has 138 valence electrons. The van der Waals surface area contributed by atoms with Gasteiger partial charge in [-0.15, -0.1) is 11.8 Å². The molecule has 0 spiro atoms. The molecule has 0 aliphatic carbocycles. The lowest BCUT2D eigenvalue weighted by Gasteiger charge is -2.33. The van der Waals surface area contributed by atoms with Crippen molar-refractivity contribution in [2.75, 3.05) is 39.3 Å². The molecule has 2 heterocycles. The molecule has 2 aliphatic rings. The molecule has 25 heavy (non-hydrogen) atoms. The van der Waals surface area contributed by atoms with Gasteiger partial charge in [-0.1, -0.05) is 44.2 Å². The van der Waals surface area contributed by atoms with E-state index in [1.54, 1.807) is 11.8 Å². The van der Waals surface area contributed by atoms with Crippen LogP contribution in [0, 0.1) is 5.92 Å². The van der Waals surface area contributed by atoms with Gasteiger partial charge >= 0.3 is 0 Å². The van der Waals surface area contributed by atoms with Crippen molar-refractivity contribution >= 4 is 17.7 Å². The Kier molecular flexibility index (Phi) is 6.79. The van der Waals surface area contributed by atoms with Crippen LogP contribution in [0.5, 0.6) is 0 Å². The monoisotopic (exact) mass is 361 g/mol. The molecule has 5 heteroatoms. The zero-order valence-electron chi connectivity index (χ0n) is 15.5. The van der Waals surface area contributed by atoms with Crippen LogP contribution in [-0.4, -0.2) is 66.3 Å². The van der Waals surface area contributed by atoms with Crippen LogP contribution >= 0.6 is 11.8 Å².